The molecule has 1 aliphatic rings. The van der Waals surface area contributed by atoms with Crippen LogP contribution in [-0.2, 0) is 17.6 Å². The molecule has 7 heteroatoms. The van der Waals surface area contributed by atoms with Gasteiger partial charge in [0.15, 0.2) is 0 Å². The van der Waals surface area contributed by atoms with Crippen LogP contribution in [0, 0.1) is 29.6 Å². The molecule has 0 saturated carbocycles. The van der Waals surface area contributed by atoms with E-state index in [1.165, 1.54) is 4.88 Å². The number of rotatable bonds is 3. The molecule has 1 N–H and O–H groups in total. The highest BCUT2D eigenvalue weighted by Crippen LogP contribution is 2.44. The lowest BCUT2D eigenvalue weighted by Crippen LogP contribution is -2.26. The van der Waals surface area contributed by atoms with E-state index >= 15 is 0 Å². The minimum Gasteiger partial charge on any atom is -0.315 e. The normalized spacial score (nSPS) is 17.9. The fourth-order valence-corrected chi connectivity index (χ4v) is 5.10. The van der Waals surface area contributed by atoms with E-state index in [1.807, 2.05) is 13.8 Å². The van der Waals surface area contributed by atoms with Crippen LogP contribution in [0.2, 0.25) is 0 Å². The molecule has 2 heterocycles. The zero-order chi connectivity index (χ0) is 19.9. The van der Waals surface area contributed by atoms with Gasteiger partial charge in [-0.3, -0.25) is 9.48 Å². The van der Waals surface area contributed by atoms with Gasteiger partial charge in [-0.1, -0.05) is 20.8 Å². The number of aryl methyl sites for hydroxylation is 1. The Morgan fingerprint density at radius 1 is 1.52 bits per heavy atom. The van der Waals surface area contributed by atoms with Gasteiger partial charge in [-0.05, 0) is 65.9 Å². The Morgan fingerprint density at radius 3 is 2.78 bits per heavy atom. The smallest absolute Gasteiger partial charge is 0.249 e. The molecular weight excluding hydrogens is 424 g/mol. The highest BCUT2D eigenvalue weighted by molar-refractivity contribution is 9.10. The second kappa shape index (κ2) is 7.40. The maximum Gasteiger partial charge on any atom is 0.249 e. The van der Waals surface area contributed by atoms with Gasteiger partial charge >= 0.3 is 0 Å². The van der Waals surface area contributed by atoms with Crippen LogP contribution < -0.4 is 5.32 Å². The highest BCUT2D eigenvalue weighted by Gasteiger charge is 2.32. The number of nitrogens with one attached hydrogen (secondary N) is 1. The van der Waals surface area contributed by atoms with Crippen molar-refractivity contribution in [2.24, 2.45) is 11.3 Å². The molecule has 2 aromatic heterocycles. The van der Waals surface area contributed by atoms with Gasteiger partial charge < -0.3 is 5.32 Å². The van der Waals surface area contributed by atoms with Crippen molar-refractivity contribution >= 4 is 38.2 Å². The molecule has 3 rings (SSSR count). The lowest BCUT2D eigenvalue weighted by molar-refractivity contribution is -0.119. The minimum absolute atomic E-state index is 0.160. The first kappa shape index (κ1) is 20.1. The van der Waals surface area contributed by atoms with Crippen LogP contribution in [-0.4, -0.2) is 15.7 Å². The Hall–Kier alpha value is -1.65. The number of carbonyl (C=O) groups excluding carboxylic acids is 1. The van der Waals surface area contributed by atoms with E-state index in [4.69, 9.17) is 0 Å². The summed E-state index contributed by atoms with van der Waals surface area (Å²) in [7, 11) is 0. The number of carbonyl (C=O) groups is 1. The first-order chi connectivity index (χ1) is 12.6. The molecule has 5 nitrogen and oxygen atoms in total. The first-order valence-corrected chi connectivity index (χ1v) is 10.8. The van der Waals surface area contributed by atoms with E-state index in [2.05, 4.69) is 53.2 Å². The number of nitrogens with zero attached hydrogens (tertiary/aromatic N) is 3. The van der Waals surface area contributed by atoms with Crippen LogP contribution in [0.5, 0.6) is 0 Å². The van der Waals surface area contributed by atoms with Gasteiger partial charge in [0.1, 0.15) is 17.1 Å². The van der Waals surface area contributed by atoms with Crippen LogP contribution in [0.4, 0.5) is 5.00 Å². The quantitative estimate of drug-likeness (QED) is 0.697. The number of hydrogen-bond donors (Lipinski definition) is 1. The number of thiophene rings is 1. The molecule has 0 fully saturated rings. The second-order valence-electron chi connectivity index (χ2n) is 8.33. The summed E-state index contributed by atoms with van der Waals surface area (Å²) in [5, 5.41) is 17.7. The van der Waals surface area contributed by atoms with Crippen molar-refractivity contribution in [3.63, 3.8) is 0 Å². The van der Waals surface area contributed by atoms with Gasteiger partial charge in [-0.25, -0.2) is 0 Å². The number of aromatic nitrogens is 2. The van der Waals surface area contributed by atoms with E-state index in [0.717, 1.165) is 35.0 Å². The van der Waals surface area contributed by atoms with Crippen molar-refractivity contribution in [1.29, 1.82) is 5.26 Å². The largest absolute Gasteiger partial charge is 0.315 e. The monoisotopic (exact) mass is 448 g/mol. The second-order valence-corrected chi connectivity index (χ2v) is 10.3. The van der Waals surface area contributed by atoms with Crippen molar-refractivity contribution in [2.75, 3.05) is 5.32 Å². The molecule has 1 amide bonds. The van der Waals surface area contributed by atoms with E-state index in [9.17, 15) is 10.1 Å². The lowest BCUT2D eigenvalue weighted by Gasteiger charge is -2.33. The number of hydrogen-bond acceptors (Lipinski definition) is 4. The van der Waals surface area contributed by atoms with Crippen molar-refractivity contribution in [1.82, 2.24) is 9.78 Å². The molecule has 0 spiro atoms. The summed E-state index contributed by atoms with van der Waals surface area (Å²) in [4.78, 5) is 14.0. The summed E-state index contributed by atoms with van der Waals surface area (Å²) in [5.41, 5.74) is 2.86. The fraction of sp³-hybridized carbons (Fsp3) is 0.550. The molecule has 0 radical (unpaired) electrons. The number of nitriles is 1. The topological polar surface area (TPSA) is 70.7 Å². The molecule has 1 aliphatic carbocycles. The van der Waals surface area contributed by atoms with Crippen molar-refractivity contribution < 1.29 is 4.79 Å². The van der Waals surface area contributed by atoms with Gasteiger partial charge in [0.25, 0.3) is 0 Å². The predicted molar refractivity (Wildman–Crippen MR) is 112 cm³/mol. The van der Waals surface area contributed by atoms with E-state index in [-0.39, 0.29) is 11.3 Å². The zero-order valence-corrected chi connectivity index (χ0v) is 18.8. The SMILES string of the molecule is Cc1nn([C@@H](C)C(=O)Nc2sc3c(c2C#N)CC[C@H](C(C)(C)C)C3)cc1Br. The van der Waals surface area contributed by atoms with Crippen LogP contribution in [0.25, 0.3) is 0 Å². The summed E-state index contributed by atoms with van der Waals surface area (Å²) >= 11 is 4.99. The van der Waals surface area contributed by atoms with Gasteiger partial charge in [-0.15, -0.1) is 11.3 Å². The molecule has 0 bridgehead atoms. The van der Waals surface area contributed by atoms with Crippen molar-refractivity contribution in [3.05, 3.63) is 32.4 Å². The maximum absolute atomic E-state index is 12.7. The van der Waals surface area contributed by atoms with Crippen molar-refractivity contribution in [3.8, 4) is 6.07 Å². The molecule has 0 aromatic carbocycles. The summed E-state index contributed by atoms with van der Waals surface area (Å²) in [6.07, 6.45) is 4.78. The average Bonchev–Trinajstić information content (AvgIpc) is 3.11. The van der Waals surface area contributed by atoms with Crippen LogP contribution in [0.3, 0.4) is 0 Å². The molecule has 144 valence electrons. The Morgan fingerprint density at radius 2 is 2.22 bits per heavy atom. The maximum atomic E-state index is 12.7. The van der Waals surface area contributed by atoms with Gasteiger partial charge in [-0.2, -0.15) is 10.4 Å². The highest BCUT2D eigenvalue weighted by atomic mass is 79.9. The number of anilines is 1. The molecule has 27 heavy (non-hydrogen) atoms. The Labute approximate surface area is 172 Å². The standard InChI is InChI=1S/C20H25BrN4OS/c1-11-16(21)10-25(24-11)12(2)18(26)23-19-15(9-22)14-7-6-13(20(3,4)5)8-17(14)27-19/h10,12-13H,6-8H2,1-5H3,(H,23,26)/t12-,13-/m0/s1. The molecule has 0 saturated heterocycles. The molecule has 0 unspecified atom stereocenters. The van der Waals surface area contributed by atoms with Crippen LogP contribution >= 0.6 is 27.3 Å². The predicted octanol–water partition coefficient (Wildman–Crippen LogP) is 5.24. The summed E-state index contributed by atoms with van der Waals surface area (Å²) in [6, 6.07) is 1.86. The Kier molecular flexibility index (Phi) is 5.51. The number of amides is 1. The molecule has 2 atom stereocenters. The van der Waals surface area contributed by atoms with E-state index in [0.29, 0.717) is 16.5 Å². The third-order valence-electron chi connectivity index (χ3n) is 5.47. The van der Waals surface area contributed by atoms with E-state index < -0.39 is 6.04 Å². The summed E-state index contributed by atoms with van der Waals surface area (Å²) in [5.74, 6) is 0.439. The third-order valence-corrected chi connectivity index (χ3v) is 7.42. The van der Waals surface area contributed by atoms with Crippen LogP contribution in [0.1, 0.15) is 61.9 Å². The zero-order valence-electron chi connectivity index (χ0n) is 16.4. The average molecular weight is 449 g/mol. The molecule has 2 aromatic rings. The lowest BCUT2D eigenvalue weighted by atomic mass is 9.72. The third kappa shape index (κ3) is 3.97. The Balaban J connectivity index is 1.82. The van der Waals surface area contributed by atoms with E-state index in [1.54, 1.807) is 22.2 Å². The van der Waals surface area contributed by atoms with Gasteiger partial charge in [0.2, 0.25) is 5.91 Å². The number of halogens is 1. The first-order valence-electron chi connectivity index (χ1n) is 9.18. The molecular formula is C20H25BrN4OS. The fourth-order valence-electron chi connectivity index (χ4n) is 3.53. The summed E-state index contributed by atoms with van der Waals surface area (Å²) < 4.78 is 2.52. The Bertz CT molecular complexity index is 896. The summed E-state index contributed by atoms with van der Waals surface area (Å²) in [6.45, 7) is 10.5. The number of fused-ring (bicyclic) bond motifs is 1. The minimum atomic E-state index is -0.456. The molecule has 0 aliphatic heterocycles. The van der Waals surface area contributed by atoms with Gasteiger partial charge in [0.05, 0.1) is 15.7 Å². The van der Waals surface area contributed by atoms with Gasteiger partial charge in [0, 0.05) is 11.1 Å². The van der Waals surface area contributed by atoms with Crippen molar-refractivity contribution in [2.45, 2.75) is 59.9 Å². The van der Waals surface area contributed by atoms with Crippen LogP contribution in [0.15, 0.2) is 10.7 Å².